The van der Waals surface area contributed by atoms with E-state index in [1.54, 1.807) is 24.3 Å². The lowest BCUT2D eigenvalue weighted by atomic mass is 10.1. The number of rotatable bonds is 4. The van der Waals surface area contributed by atoms with E-state index in [9.17, 15) is 9.59 Å². The molecule has 0 spiro atoms. The number of hydrogen-bond donors (Lipinski definition) is 1. The molecule has 6 nitrogen and oxygen atoms in total. The number of anilines is 1. The Kier molecular flexibility index (Phi) is 6.08. The second-order valence-electron chi connectivity index (χ2n) is 5.84. The Hall–Kier alpha value is -2.45. The van der Waals surface area contributed by atoms with Crippen LogP contribution in [0.4, 0.5) is 5.69 Å². The zero-order chi connectivity index (χ0) is 19.4. The van der Waals surface area contributed by atoms with Gasteiger partial charge in [0.1, 0.15) is 5.25 Å². The first kappa shape index (κ1) is 19.3. The van der Waals surface area contributed by atoms with E-state index in [-0.39, 0.29) is 23.4 Å². The van der Waals surface area contributed by atoms with Crippen molar-refractivity contribution in [1.82, 2.24) is 0 Å². The Labute approximate surface area is 169 Å². The normalized spacial score (nSPS) is 18.3. The standard InChI is InChI=1S/C19H17BrN4O2S/c1-12(13-5-3-2-4-6-13)22-23-19(21)27-16-11-17(25)24(18(16)26)15-9-7-14(20)8-10-15/h2-10,16H,11H2,1H3,(H2,21,23). The van der Waals surface area contributed by atoms with Crippen molar-refractivity contribution in [2.45, 2.75) is 18.6 Å². The van der Waals surface area contributed by atoms with Crippen LogP contribution in [-0.4, -0.2) is 27.9 Å². The maximum Gasteiger partial charge on any atom is 0.247 e. The van der Waals surface area contributed by atoms with E-state index >= 15 is 0 Å². The first-order valence-corrected chi connectivity index (χ1v) is 9.85. The Morgan fingerprint density at radius 2 is 1.78 bits per heavy atom. The quantitative estimate of drug-likeness (QED) is 0.338. The third-order valence-corrected chi connectivity index (χ3v) is 5.45. The van der Waals surface area contributed by atoms with Crippen LogP contribution in [0.15, 0.2) is 69.3 Å². The molecule has 138 valence electrons. The van der Waals surface area contributed by atoms with Crippen molar-refractivity contribution in [2.75, 3.05) is 4.90 Å². The molecule has 2 aromatic rings. The number of imide groups is 1. The number of halogens is 1. The third kappa shape index (κ3) is 4.64. The first-order valence-electron chi connectivity index (χ1n) is 8.18. The summed E-state index contributed by atoms with van der Waals surface area (Å²) in [5.41, 5.74) is 8.11. The van der Waals surface area contributed by atoms with Crippen molar-refractivity contribution in [2.24, 2.45) is 15.9 Å². The minimum atomic E-state index is -0.600. The topological polar surface area (TPSA) is 88.1 Å². The van der Waals surface area contributed by atoms with Gasteiger partial charge in [0, 0.05) is 10.9 Å². The number of amides is 2. The number of nitrogens with two attached hydrogens (primary N) is 1. The van der Waals surface area contributed by atoms with E-state index in [2.05, 4.69) is 26.1 Å². The molecule has 1 unspecified atom stereocenters. The number of carbonyl (C=O) groups is 2. The molecule has 1 atom stereocenters. The molecule has 0 aromatic heterocycles. The molecule has 2 amide bonds. The molecule has 0 aliphatic carbocycles. The van der Waals surface area contributed by atoms with E-state index in [4.69, 9.17) is 5.73 Å². The molecule has 27 heavy (non-hydrogen) atoms. The van der Waals surface area contributed by atoms with Crippen molar-refractivity contribution in [3.8, 4) is 0 Å². The number of carbonyl (C=O) groups excluding carboxylic acids is 2. The highest BCUT2D eigenvalue weighted by Crippen LogP contribution is 2.30. The highest BCUT2D eigenvalue weighted by Gasteiger charge is 2.40. The predicted octanol–water partition coefficient (Wildman–Crippen LogP) is 3.55. The second kappa shape index (κ2) is 8.49. The molecule has 0 bridgehead atoms. The molecule has 2 aromatic carbocycles. The van der Waals surface area contributed by atoms with Crippen LogP contribution in [0, 0.1) is 0 Å². The Bertz CT molecular complexity index is 913. The van der Waals surface area contributed by atoms with Crippen molar-refractivity contribution in [3.63, 3.8) is 0 Å². The molecule has 1 saturated heterocycles. The fraction of sp³-hybridized carbons (Fsp3) is 0.158. The van der Waals surface area contributed by atoms with E-state index in [0.717, 1.165) is 21.8 Å². The lowest BCUT2D eigenvalue weighted by molar-refractivity contribution is -0.121. The fourth-order valence-electron chi connectivity index (χ4n) is 2.59. The SMILES string of the molecule is CC(=NN=C(N)SC1CC(=O)N(c2ccc(Br)cc2)C1=O)c1ccccc1. The van der Waals surface area contributed by atoms with Crippen LogP contribution in [-0.2, 0) is 9.59 Å². The highest BCUT2D eigenvalue weighted by atomic mass is 79.9. The fourth-order valence-corrected chi connectivity index (χ4v) is 3.66. The maximum atomic E-state index is 12.6. The third-order valence-electron chi connectivity index (χ3n) is 3.94. The molecule has 3 rings (SSSR count). The van der Waals surface area contributed by atoms with E-state index in [1.807, 2.05) is 37.3 Å². The monoisotopic (exact) mass is 444 g/mol. The zero-order valence-corrected chi connectivity index (χ0v) is 16.9. The summed E-state index contributed by atoms with van der Waals surface area (Å²) in [5.74, 6) is -0.550. The smallest absolute Gasteiger partial charge is 0.247 e. The van der Waals surface area contributed by atoms with Crippen LogP contribution >= 0.6 is 27.7 Å². The molecule has 0 radical (unpaired) electrons. The molecule has 0 saturated carbocycles. The van der Waals surface area contributed by atoms with Crippen LogP contribution in [0.2, 0.25) is 0 Å². The Morgan fingerprint density at radius 1 is 1.11 bits per heavy atom. The number of nitrogens with zero attached hydrogens (tertiary/aromatic N) is 3. The van der Waals surface area contributed by atoms with Gasteiger partial charge < -0.3 is 5.73 Å². The summed E-state index contributed by atoms with van der Waals surface area (Å²) in [7, 11) is 0. The Balaban J connectivity index is 1.69. The van der Waals surface area contributed by atoms with Crippen LogP contribution < -0.4 is 10.6 Å². The van der Waals surface area contributed by atoms with E-state index in [0.29, 0.717) is 11.4 Å². The van der Waals surface area contributed by atoms with Gasteiger partial charge in [-0.3, -0.25) is 9.59 Å². The second-order valence-corrected chi connectivity index (χ2v) is 7.98. The molecular weight excluding hydrogens is 428 g/mol. The van der Waals surface area contributed by atoms with Crippen LogP contribution in [0.1, 0.15) is 18.9 Å². The lowest BCUT2D eigenvalue weighted by Gasteiger charge is -2.14. The summed E-state index contributed by atoms with van der Waals surface area (Å²) in [6.45, 7) is 1.83. The van der Waals surface area contributed by atoms with Crippen molar-refractivity contribution >= 4 is 56.1 Å². The summed E-state index contributed by atoms with van der Waals surface area (Å²) < 4.78 is 0.874. The number of amidine groups is 1. The molecular formula is C19H17BrN4O2S. The molecule has 1 aliphatic heterocycles. The van der Waals surface area contributed by atoms with Gasteiger partial charge in [0.15, 0.2) is 5.17 Å². The summed E-state index contributed by atoms with van der Waals surface area (Å²) >= 11 is 4.39. The van der Waals surface area contributed by atoms with Crippen LogP contribution in [0.25, 0.3) is 0 Å². The maximum absolute atomic E-state index is 12.6. The van der Waals surface area contributed by atoms with E-state index < -0.39 is 5.25 Å². The van der Waals surface area contributed by atoms with Crippen molar-refractivity contribution in [3.05, 3.63) is 64.6 Å². The van der Waals surface area contributed by atoms with Crippen molar-refractivity contribution in [1.29, 1.82) is 0 Å². The number of hydrogen-bond acceptors (Lipinski definition) is 5. The average molecular weight is 445 g/mol. The molecule has 2 N–H and O–H groups in total. The Morgan fingerprint density at radius 3 is 2.44 bits per heavy atom. The molecule has 1 heterocycles. The lowest BCUT2D eigenvalue weighted by Crippen LogP contribution is -2.31. The molecule has 1 aliphatic rings. The summed E-state index contributed by atoms with van der Waals surface area (Å²) in [6.07, 6.45) is 0.0805. The predicted molar refractivity (Wildman–Crippen MR) is 113 cm³/mol. The highest BCUT2D eigenvalue weighted by molar-refractivity contribution is 9.10. The molecule has 1 fully saturated rings. The first-order chi connectivity index (χ1) is 13.0. The molecule has 8 heteroatoms. The zero-order valence-electron chi connectivity index (χ0n) is 14.5. The van der Waals surface area contributed by atoms with Gasteiger partial charge in [-0.05, 0) is 36.8 Å². The van der Waals surface area contributed by atoms with Gasteiger partial charge in [0.25, 0.3) is 0 Å². The largest absolute Gasteiger partial charge is 0.377 e. The van der Waals surface area contributed by atoms with Gasteiger partial charge in [-0.15, -0.1) is 5.10 Å². The minimum absolute atomic E-state index is 0.0805. The summed E-state index contributed by atoms with van der Waals surface area (Å²) in [6, 6.07) is 16.6. The number of benzene rings is 2. The number of thioether (sulfide) groups is 1. The van der Waals surface area contributed by atoms with E-state index in [1.165, 1.54) is 4.90 Å². The van der Waals surface area contributed by atoms with Gasteiger partial charge in [-0.25, -0.2) is 4.90 Å². The van der Waals surface area contributed by atoms with Crippen LogP contribution in [0.5, 0.6) is 0 Å². The average Bonchev–Trinajstić information content (AvgIpc) is 2.94. The van der Waals surface area contributed by atoms with Crippen LogP contribution in [0.3, 0.4) is 0 Å². The van der Waals surface area contributed by atoms with Gasteiger partial charge in [-0.1, -0.05) is 58.0 Å². The summed E-state index contributed by atoms with van der Waals surface area (Å²) in [4.78, 5) is 26.1. The van der Waals surface area contributed by atoms with Gasteiger partial charge >= 0.3 is 0 Å². The van der Waals surface area contributed by atoms with Gasteiger partial charge in [-0.2, -0.15) is 5.10 Å². The van der Waals surface area contributed by atoms with Gasteiger partial charge in [0.05, 0.1) is 11.4 Å². The van der Waals surface area contributed by atoms with Crippen molar-refractivity contribution < 1.29 is 9.59 Å². The minimum Gasteiger partial charge on any atom is -0.377 e. The summed E-state index contributed by atoms with van der Waals surface area (Å²) in [5, 5.41) is 7.65. The van der Waals surface area contributed by atoms with Gasteiger partial charge in [0.2, 0.25) is 11.8 Å².